The van der Waals surface area contributed by atoms with E-state index in [-0.39, 0.29) is 12.2 Å². The highest BCUT2D eigenvalue weighted by Crippen LogP contribution is 2.07. The van der Waals surface area contributed by atoms with E-state index in [0.29, 0.717) is 12.7 Å². The second-order valence-corrected chi connectivity index (χ2v) is 5.47. The lowest BCUT2D eigenvalue weighted by Gasteiger charge is -2.08. The Labute approximate surface area is 74.1 Å². The molecule has 1 unspecified atom stereocenters. The molecule has 0 aromatic rings. The van der Waals surface area contributed by atoms with Crippen LogP contribution in [0.1, 0.15) is 33.1 Å². The number of carbonyl (C=O) groups is 1. The first-order valence-corrected chi connectivity index (χ1v) is 5.91. The Balaban J connectivity index is 4.10. The molecule has 0 radical (unpaired) electrons. The van der Waals surface area contributed by atoms with Crippen LogP contribution < -0.4 is 0 Å². The van der Waals surface area contributed by atoms with Gasteiger partial charge in [-0.05, 0) is 13.3 Å². The molecule has 0 saturated carbocycles. The number of rotatable bonds is 6. The van der Waals surface area contributed by atoms with E-state index >= 15 is 0 Å². The minimum atomic E-state index is -3.02. The minimum Gasteiger partial charge on any atom is -0.303 e. The zero-order chi connectivity index (χ0) is 9.61. The molecule has 1 atom stereocenters. The van der Waals surface area contributed by atoms with Gasteiger partial charge in [0, 0.05) is 6.42 Å². The highest BCUT2D eigenvalue weighted by molar-refractivity contribution is 7.92. The van der Waals surface area contributed by atoms with Crippen molar-refractivity contribution in [2.75, 3.05) is 5.75 Å². The Kier molecular flexibility index (Phi) is 5.13. The number of unbranched alkanes of at least 4 members (excludes halogenated alkanes) is 1. The van der Waals surface area contributed by atoms with E-state index in [1.165, 1.54) is 0 Å². The zero-order valence-corrected chi connectivity index (χ0v) is 8.43. The van der Waals surface area contributed by atoms with Gasteiger partial charge >= 0.3 is 0 Å². The van der Waals surface area contributed by atoms with E-state index in [2.05, 4.69) is 0 Å². The van der Waals surface area contributed by atoms with Gasteiger partial charge in [0.05, 0.1) is 11.0 Å². The summed E-state index contributed by atoms with van der Waals surface area (Å²) in [5.74, 6) is 0.207. The number of sulfone groups is 1. The van der Waals surface area contributed by atoms with Crippen molar-refractivity contribution < 1.29 is 13.2 Å². The number of hydrogen-bond donors (Lipinski definition) is 0. The molecule has 0 saturated heterocycles. The van der Waals surface area contributed by atoms with E-state index in [1.54, 1.807) is 6.92 Å². The summed E-state index contributed by atoms with van der Waals surface area (Å²) in [5.41, 5.74) is 0. The molecule has 0 spiro atoms. The van der Waals surface area contributed by atoms with E-state index in [9.17, 15) is 13.2 Å². The van der Waals surface area contributed by atoms with Gasteiger partial charge in [-0.25, -0.2) is 8.42 Å². The summed E-state index contributed by atoms with van der Waals surface area (Å²) >= 11 is 0. The summed E-state index contributed by atoms with van der Waals surface area (Å²) < 4.78 is 22.6. The zero-order valence-electron chi connectivity index (χ0n) is 7.62. The monoisotopic (exact) mass is 192 g/mol. The number of hydrogen-bond acceptors (Lipinski definition) is 3. The van der Waals surface area contributed by atoms with E-state index in [4.69, 9.17) is 0 Å². The quantitative estimate of drug-likeness (QED) is 0.594. The van der Waals surface area contributed by atoms with Crippen LogP contribution in [0, 0.1) is 0 Å². The van der Waals surface area contributed by atoms with Crippen LogP contribution in [0.15, 0.2) is 0 Å². The lowest BCUT2D eigenvalue weighted by molar-refractivity contribution is -0.107. The average Bonchev–Trinajstić information content (AvgIpc) is 2.01. The van der Waals surface area contributed by atoms with Gasteiger partial charge in [0.25, 0.3) is 0 Å². The maximum absolute atomic E-state index is 11.3. The van der Waals surface area contributed by atoms with Crippen LogP contribution in [0.2, 0.25) is 0 Å². The van der Waals surface area contributed by atoms with Gasteiger partial charge in [-0.2, -0.15) is 0 Å². The Bertz CT molecular complexity index is 218. The molecule has 0 rings (SSSR count). The van der Waals surface area contributed by atoms with Gasteiger partial charge in [0.15, 0.2) is 9.84 Å². The summed E-state index contributed by atoms with van der Waals surface area (Å²) in [7, 11) is -3.02. The SMILES string of the molecule is CCCCS(=O)(=O)C(C)CC=O. The van der Waals surface area contributed by atoms with Crippen molar-refractivity contribution in [3.63, 3.8) is 0 Å². The lowest BCUT2D eigenvalue weighted by Crippen LogP contribution is -2.21. The first-order valence-electron chi connectivity index (χ1n) is 4.19. The molecular weight excluding hydrogens is 176 g/mol. The Morgan fingerprint density at radius 1 is 1.42 bits per heavy atom. The van der Waals surface area contributed by atoms with Gasteiger partial charge in [0.1, 0.15) is 6.29 Å². The Morgan fingerprint density at radius 2 is 2.00 bits per heavy atom. The largest absolute Gasteiger partial charge is 0.303 e. The fraction of sp³-hybridized carbons (Fsp3) is 0.875. The van der Waals surface area contributed by atoms with E-state index in [0.717, 1.165) is 6.42 Å². The molecule has 0 aromatic heterocycles. The molecule has 0 aliphatic rings. The molecular formula is C8H16O3S. The third-order valence-corrected chi connectivity index (χ3v) is 4.10. The molecule has 0 aliphatic carbocycles. The predicted molar refractivity (Wildman–Crippen MR) is 48.8 cm³/mol. The van der Waals surface area contributed by atoms with Crippen LogP contribution in [0.5, 0.6) is 0 Å². The molecule has 0 aliphatic heterocycles. The molecule has 72 valence electrons. The van der Waals surface area contributed by atoms with E-state index in [1.807, 2.05) is 6.92 Å². The molecule has 0 heterocycles. The second-order valence-electron chi connectivity index (χ2n) is 2.93. The average molecular weight is 192 g/mol. The third-order valence-electron chi connectivity index (χ3n) is 1.82. The van der Waals surface area contributed by atoms with Crippen LogP contribution in [-0.4, -0.2) is 25.7 Å². The van der Waals surface area contributed by atoms with Crippen LogP contribution in [-0.2, 0) is 14.6 Å². The Hall–Kier alpha value is -0.380. The van der Waals surface area contributed by atoms with Crippen LogP contribution in [0.3, 0.4) is 0 Å². The van der Waals surface area contributed by atoms with Crippen molar-refractivity contribution in [3.05, 3.63) is 0 Å². The molecule has 4 heteroatoms. The standard InChI is InChI=1S/C8H16O3S/c1-3-4-7-12(10,11)8(2)5-6-9/h6,8H,3-5,7H2,1-2H3. The Morgan fingerprint density at radius 3 is 2.42 bits per heavy atom. The van der Waals surface area contributed by atoms with Crippen LogP contribution >= 0.6 is 0 Å². The first kappa shape index (κ1) is 11.6. The highest BCUT2D eigenvalue weighted by Gasteiger charge is 2.18. The number of carbonyl (C=O) groups excluding carboxylic acids is 1. The first-order chi connectivity index (χ1) is 5.54. The molecule has 0 N–H and O–H groups in total. The maximum Gasteiger partial charge on any atom is 0.153 e. The molecule has 0 aromatic carbocycles. The van der Waals surface area contributed by atoms with Crippen molar-refractivity contribution in [1.82, 2.24) is 0 Å². The van der Waals surface area contributed by atoms with Crippen LogP contribution in [0.25, 0.3) is 0 Å². The topological polar surface area (TPSA) is 51.2 Å². The van der Waals surface area contributed by atoms with Crippen molar-refractivity contribution in [2.45, 2.75) is 38.4 Å². The second kappa shape index (κ2) is 5.30. The van der Waals surface area contributed by atoms with E-state index < -0.39 is 15.1 Å². The summed E-state index contributed by atoms with van der Waals surface area (Å²) in [6, 6.07) is 0. The normalized spacial score (nSPS) is 14.2. The van der Waals surface area contributed by atoms with Crippen molar-refractivity contribution in [2.24, 2.45) is 0 Å². The van der Waals surface area contributed by atoms with Gasteiger partial charge in [0.2, 0.25) is 0 Å². The van der Waals surface area contributed by atoms with Crippen LogP contribution in [0.4, 0.5) is 0 Å². The molecule has 0 amide bonds. The summed E-state index contributed by atoms with van der Waals surface area (Å²) in [6.45, 7) is 3.53. The maximum atomic E-state index is 11.3. The van der Waals surface area contributed by atoms with Crippen molar-refractivity contribution in [1.29, 1.82) is 0 Å². The van der Waals surface area contributed by atoms with Gasteiger partial charge in [-0.3, -0.25) is 0 Å². The van der Waals surface area contributed by atoms with Gasteiger partial charge in [-0.15, -0.1) is 0 Å². The van der Waals surface area contributed by atoms with Gasteiger partial charge in [-0.1, -0.05) is 13.3 Å². The third kappa shape index (κ3) is 3.85. The number of aldehydes is 1. The predicted octanol–water partition coefficient (Wildman–Crippen LogP) is 1.18. The van der Waals surface area contributed by atoms with Crippen molar-refractivity contribution in [3.8, 4) is 0 Å². The fourth-order valence-electron chi connectivity index (χ4n) is 0.829. The smallest absolute Gasteiger partial charge is 0.153 e. The summed E-state index contributed by atoms with van der Waals surface area (Å²) in [5, 5.41) is -0.512. The minimum absolute atomic E-state index is 0.117. The summed E-state index contributed by atoms with van der Waals surface area (Å²) in [4.78, 5) is 10.1. The molecule has 0 fully saturated rings. The molecule has 0 bridgehead atoms. The van der Waals surface area contributed by atoms with Gasteiger partial charge < -0.3 is 4.79 Å². The summed E-state index contributed by atoms with van der Waals surface area (Å²) in [6.07, 6.45) is 2.33. The highest BCUT2D eigenvalue weighted by atomic mass is 32.2. The lowest BCUT2D eigenvalue weighted by atomic mass is 10.4. The van der Waals surface area contributed by atoms with Crippen molar-refractivity contribution >= 4 is 16.1 Å². The molecule has 12 heavy (non-hydrogen) atoms. The molecule has 3 nitrogen and oxygen atoms in total. The fourth-order valence-corrected chi connectivity index (χ4v) is 2.29.